The normalized spacial score (nSPS) is 40.2. The van der Waals surface area contributed by atoms with Crippen LogP contribution in [0.5, 0.6) is 0 Å². The molecule has 0 bridgehead atoms. The molecule has 3 rings (SSSR count). The highest BCUT2D eigenvalue weighted by Gasteiger charge is 2.51. The van der Waals surface area contributed by atoms with Crippen LogP contribution in [0.2, 0.25) is 0 Å². The third kappa shape index (κ3) is 9.60. The van der Waals surface area contributed by atoms with Gasteiger partial charge in [-0.1, -0.05) is 50.6 Å². The average Bonchev–Trinajstić information content (AvgIpc) is 3.07. The molecular formula is C39H61NO10. The van der Waals surface area contributed by atoms with Gasteiger partial charge in [0.05, 0.1) is 29.3 Å². The molecule has 2 aliphatic rings. The van der Waals surface area contributed by atoms with E-state index >= 15 is 0 Å². The summed E-state index contributed by atoms with van der Waals surface area (Å²) in [6.07, 6.45) is -1.14. The Morgan fingerprint density at radius 3 is 2.32 bits per heavy atom. The monoisotopic (exact) mass is 703 g/mol. The van der Waals surface area contributed by atoms with Crippen LogP contribution >= 0.6 is 0 Å². The molecule has 2 N–H and O–H groups in total. The second-order valence-electron chi connectivity index (χ2n) is 15.1. The van der Waals surface area contributed by atoms with E-state index in [1.165, 1.54) is 0 Å². The molecule has 0 aromatic heterocycles. The Morgan fingerprint density at radius 2 is 1.76 bits per heavy atom. The molecule has 282 valence electrons. The Morgan fingerprint density at radius 1 is 1.12 bits per heavy atom. The molecule has 0 saturated carbocycles. The number of aldehydes is 1. The number of aliphatic hydroxyl groups excluding tert-OH is 1. The van der Waals surface area contributed by atoms with E-state index in [2.05, 4.69) is 0 Å². The lowest BCUT2D eigenvalue weighted by Crippen LogP contribution is -2.59. The standard InChI is InChI=1S/C39H61NO10/c1-12-31-39(8,45)29(18-19-41)24(3)20-23(2)22-38(7,46-11)34(50-37-32(42)30(40(9)10)21-25(4)47-37)26(5)33(27(6)35(43)48-31)49-36(44)28-16-14-13-15-17-28/h13-17,19-20,23,25-27,29-34,37,42,45H,12,18,21-22H2,1-11H3/b24-20-/t23-,25+,26+,27+,29-,30-,31+,32+,33+,34+,37-,38+,39-/m0/s1. The maximum atomic E-state index is 14.1. The summed E-state index contributed by atoms with van der Waals surface area (Å²) in [4.78, 5) is 41.6. The summed E-state index contributed by atoms with van der Waals surface area (Å²) in [5, 5.41) is 23.5. The van der Waals surface area contributed by atoms with Gasteiger partial charge >= 0.3 is 11.9 Å². The highest BCUT2D eigenvalue weighted by molar-refractivity contribution is 5.89. The van der Waals surface area contributed by atoms with Crippen LogP contribution in [0.15, 0.2) is 42.0 Å². The number of hydrogen-bond acceptors (Lipinski definition) is 11. The molecule has 50 heavy (non-hydrogen) atoms. The molecule has 11 heteroatoms. The molecule has 0 amide bonds. The van der Waals surface area contributed by atoms with E-state index < -0.39 is 71.6 Å². The summed E-state index contributed by atoms with van der Waals surface area (Å²) in [5.74, 6) is -3.83. The van der Waals surface area contributed by atoms with E-state index in [1.807, 2.05) is 59.7 Å². The molecule has 0 unspecified atom stereocenters. The SMILES string of the molecule is CC[C@H]1OC(=O)[C@H](C)[C@H](OC(=O)c2ccccc2)[C@@H](C)[C@@H](O[C@@H]2O[C@H](C)C[C@H](N(C)C)[C@H]2O)[C@](C)(OC)C[C@@H](C)/C=C(/C)[C@H](CC=O)[C@]1(C)O. The fraction of sp³-hybridized carbons (Fsp3) is 0.718. The average molecular weight is 704 g/mol. The predicted molar refractivity (Wildman–Crippen MR) is 189 cm³/mol. The van der Waals surface area contributed by atoms with E-state index in [-0.39, 0.29) is 30.9 Å². The minimum Gasteiger partial charge on any atom is -0.459 e. The fourth-order valence-electron chi connectivity index (χ4n) is 8.01. The summed E-state index contributed by atoms with van der Waals surface area (Å²) in [7, 11) is 5.37. The van der Waals surface area contributed by atoms with Crippen molar-refractivity contribution >= 4 is 18.2 Å². The summed E-state index contributed by atoms with van der Waals surface area (Å²) in [6.45, 7) is 14.6. The van der Waals surface area contributed by atoms with E-state index in [0.29, 0.717) is 18.4 Å². The van der Waals surface area contributed by atoms with Crippen molar-refractivity contribution in [3.05, 3.63) is 47.5 Å². The van der Waals surface area contributed by atoms with Crippen molar-refractivity contribution < 1.29 is 48.3 Å². The number of ether oxygens (including phenoxy) is 5. The van der Waals surface area contributed by atoms with Crippen LogP contribution in [-0.2, 0) is 33.3 Å². The van der Waals surface area contributed by atoms with Gasteiger partial charge in [-0.2, -0.15) is 0 Å². The number of aliphatic hydroxyl groups is 2. The second-order valence-corrected chi connectivity index (χ2v) is 15.1. The van der Waals surface area contributed by atoms with Crippen LogP contribution < -0.4 is 0 Å². The number of methoxy groups -OCH3 is 1. The third-order valence-electron chi connectivity index (χ3n) is 10.9. The van der Waals surface area contributed by atoms with Gasteiger partial charge in [-0.05, 0) is 86.0 Å². The third-order valence-corrected chi connectivity index (χ3v) is 10.9. The van der Waals surface area contributed by atoms with Gasteiger partial charge in [0, 0.05) is 31.4 Å². The van der Waals surface area contributed by atoms with Crippen LogP contribution in [0.1, 0.15) is 91.4 Å². The Hall–Kier alpha value is -2.67. The van der Waals surface area contributed by atoms with Gasteiger partial charge < -0.3 is 43.6 Å². The quantitative estimate of drug-likeness (QED) is 0.205. The molecule has 0 spiro atoms. The van der Waals surface area contributed by atoms with Gasteiger partial charge in [0.2, 0.25) is 0 Å². The highest BCUT2D eigenvalue weighted by Crippen LogP contribution is 2.41. The molecule has 0 aliphatic carbocycles. The number of nitrogens with zero attached hydrogens (tertiary/aromatic N) is 1. The zero-order chi connectivity index (χ0) is 37.6. The van der Waals surface area contributed by atoms with E-state index in [4.69, 9.17) is 23.7 Å². The molecular weight excluding hydrogens is 642 g/mol. The first kappa shape index (κ1) is 41.7. The van der Waals surface area contributed by atoms with Gasteiger partial charge in [0.25, 0.3) is 0 Å². The maximum absolute atomic E-state index is 14.1. The number of benzene rings is 1. The van der Waals surface area contributed by atoms with E-state index in [9.17, 15) is 24.6 Å². The van der Waals surface area contributed by atoms with E-state index in [1.54, 1.807) is 58.2 Å². The maximum Gasteiger partial charge on any atom is 0.338 e. The number of hydrogen-bond donors (Lipinski definition) is 2. The number of carbonyl (C=O) groups is 3. The number of rotatable bonds is 9. The second kappa shape index (κ2) is 17.7. The van der Waals surface area contributed by atoms with Gasteiger partial charge in [-0.25, -0.2) is 4.79 Å². The molecule has 2 aliphatic heterocycles. The number of likely N-dealkylation sites (N-methyl/N-ethyl adjacent to an activating group) is 1. The van der Waals surface area contributed by atoms with Crippen molar-refractivity contribution in [3.8, 4) is 0 Å². The number of allylic oxidation sites excluding steroid dienone is 1. The lowest BCUT2D eigenvalue weighted by molar-refractivity contribution is -0.301. The van der Waals surface area contributed by atoms with Crippen LogP contribution in [0.3, 0.4) is 0 Å². The fourth-order valence-corrected chi connectivity index (χ4v) is 8.01. The van der Waals surface area contributed by atoms with Crippen molar-refractivity contribution in [2.75, 3.05) is 21.2 Å². The van der Waals surface area contributed by atoms with Crippen molar-refractivity contribution in [1.29, 1.82) is 0 Å². The summed E-state index contributed by atoms with van der Waals surface area (Å²) < 4.78 is 31.6. The molecule has 2 heterocycles. The number of esters is 2. The first-order chi connectivity index (χ1) is 23.4. The van der Waals surface area contributed by atoms with Gasteiger partial charge in [-0.3, -0.25) is 4.79 Å². The van der Waals surface area contributed by atoms with Gasteiger partial charge in [-0.15, -0.1) is 0 Å². The van der Waals surface area contributed by atoms with Crippen molar-refractivity contribution in [1.82, 2.24) is 4.90 Å². The Labute approximate surface area is 298 Å². The molecule has 1 aromatic rings. The Kier molecular flexibility index (Phi) is 14.8. The van der Waals surface area contributed by atoms with Crippen LogP contribution in [0.4, 0.5) is 0 Å². The highest BCUT2D eigenvalue weighted by atomic mass is 16.7. The molecule has 13 atom stereocenters. The Balaban J connectivity index is 2.24. The lowest BCUT2D eigenvalue weighted by Gasteiger charge is -2.48. The number of carbonyl (C=O) groups excluding carboxylic acids is 3. The van der Waals surface area contributed by atoms with Crippen LogP contribution in [0, 0.1) is 23.7 Å². The topological polar surface area (TPSA) is 141 Å². The summed E-state index contributed by atoms with van der Waals surface area (Å²) in [5.41, 5.74) is -1.57. The summed E-state index contributed by atoms with van der Waals surface area (Å²) >= 11 is 0. The largest absolute Gasteiger partial charge is 0.459 e. The predicted octanol–water partition coefficient (Wildman–Crippen LogP) is 4.96. The van der Waals surface area contributed by atoms with Crippen LogP contribution in [-0.4, -0.2) is 109 Å². The zero-order valence-corrected chi connectivity index (χ0v) is 31.8. The molecule has 1 fully saturated rings. The first-order valence-electron chi connectivity index (χ1n) is 17.9. The minimum atomic E-state index is -1.58. The first-order valence-corrected chi connectivity index (χ1v) is 17.9. The van der Waals surface area contributed by atoms with Crippen LogP contribution in [0.25, 0.3) is 0 Å². The number of cyclic esters (lactones) is 1. The zero-order valence-electron chi connectivity index (χ0n) is 31.8. The minimum absolute atomic E-state index is 0.0232. The van der Waals surface area contributed by atoms with E-state index in [0.717, 1.165) is 11.9 Å². The summed E-state index contributed by atoms with van der Waals surface area (Å²) in [6, 6.07) is 8.26. The molecule has 1 aromatic carbocycles. The van der Waals surface area contributed by atoms with Crippen molar-refractivity contribution in [2.45, 2.75) is 135 Å². The smallest absolute Gasteiger partial charge is 0.338 e. The molecule has 1 saturated heterocycles. The molecule has 11 nitrogen and oxygen atoms in total. The van der Waals surface area contributed by atoms with Gasteiger partial charge in [0.1, 0.15) is 30.2 Å². The lowest BCUT2D eigenvalue weighted by atomic mass is 9.74. The molecule has 0 radical (unpaired) electrons. The van der Waals surface area contributed by atoms with Crippen molar-refractivity contribution in [3.63, 3.8) is 0 Å². The van der Waals surface area contributed by atoms with Crippen molar-refractivity contribution in [2.24, 2.45) is 23.7 Å². The Bertz CT molecular complexity index is 1300. The van der Waals surface area contributed by atoms with Gasteiger partial charge in [0.15, 0.2) is 6.29 Å².